The Balaban J connectivity index is 1.21. The average molecular weight is 533 g/mol. The zero-order chi connectivity index (χ0) is 27.7. The lowest BCUT2D eigenvalue weighted by Crippen LogP contribution is -2.43. The summed E-state index contributed by atoms with van der Waals surface area (Å²) >= 11 is 0. The molecule has 1 aliphatic rings. The molecule has 0 aliphatic carbocycles. The van der Waals surface area contributed by atoms with Gasteiger partial charge in [0.1, 0.15) is 0 Å². The van der Waals surface area contributed by atoms with E-state index in [1.54, 1.807) is 53.7 Å². The summed E-state index contributed by atoms with van der Waals surface area (Å²) in [5.41, 5.74) is 3.21. The number of amides is 2. The molecule has 4 aromatic rings. The van der Waals surface area contributed by atoms with Gasteiger partial charge in [-0.25, -0.2) is 0 Å². The number of rotatable bonds is 9. The first kappa shape index (κ1) is 27.0. The van der Waals surface area contributed by atoms with Crippen LogP contribution in [0.4, 0.5) is 11.4 Å². The number of benzene rings is 3. The summed E-state index contributed by atoms with van der Waals surface area (Å²) in [5, 5.41) is 2.87. The molecule has 0 spiro atoms. The van der Waals surface area contributed by atoms with Gasteiger partial charge in [0.2, 0.25) is 0 Å². The van der Waals surface area contributed by atoms with Gasteiger partial charge < -0.3 is 15.1 Å². The first-order valence-electron chi connectivity index (χ1n) is 13.6. The Morgan fingerprint density at radius 1 is 0.775 bits per heavy atom. The summed E-state index contributed by atoms with van der Waals surface area (Å²) in [6.07, 6.45) is 5.00. The van der Waals surface area contributed by atoms with Crippen LogP contribution in [0, 0.1) is 5.92 Å². The zero-order valence-corrected chi connectivity index (χ0v) is 22.3. The second-order valence-corrected chi connectivity index (χ2v) is 9.91. The number of piperidine rings is 1. The normalized spacial score (nSPS) is 13.9. The fraction of sp³-hybridized carbons (Fsp3) is 0.212. The molecule has 0 unspecified atom stereocenters. The van der Waals surface area contributed by atoms with Crippen molar-refractivity contribution in [2.45, 2.75) is 12.8 Å². The van der Waals surface area contributed by atoms with Crippen LogP contribution in [0.1, 0.15) is 43.9 Å². The Labute approximate surface area is 234 Å². The van der Waals surface area contributed by atoms with E-state index in [0.717, 1.165) is 37.2 Å². The topological polar surface area (TPSA) is 82.6 Å². The number of Topliss-reactive ketones (excluding diaryl/α,β-unsaturated/α-hetero) is 1. The third-order valence-electron chi connectivity index (χ3n) is 7.28. The molecule has 2 heterocycles. The summed E-state index contributed by atoms with van der Waals surface area (Å²) in [7, 11) is 0. The molecule has 1 aliphatic heterocycles. The maximum Gasteiger partial charge on any atom is 0.258 e. The molecule has 0 bridgehead atoms. The predicted octanol–water partition coefficient (Wildman–Crippen LogP) is 5.58. The number of anilines is 2. The monoisotopic (exact) mass is 532 g/mol. The molecule has 202 valence electrons. The second kappa shape index (κ2) is 13.0. The molecule has 7 heteroatoms. The highest BCUT2D eigenvalue weighted by atomic mass is 16.2. The Kier molecular flexibility index (Phi) is 8.73. The quantitative estimate of drug-likeness (QED) is 0.285. The van der Waals surface area contributed by atoms with E-state index in [4.69, 9.17) is 0 Å². The van der Waals surface area contributed by atoms with E-state index in [1.807, 2.05) is 60.7 Å². The summed E-state index contributed by atoms with van der Waals surface area (Å²) < 4.78 is 0. The molecule has 5 rings (SSSR count). The van der Waals surface area contributed by atoms with Gasteiger partial charge in [-0.05, 0) is 74.5 Å². The second-order valence-electron chi connectivity index (χ2n) is 9.91. The molecule has 0 saturated carbocycles. The maximum absolute atomic E-state index is 13.6. The van der Waals surface area contributed by atoms with Gasteiger partial charge in [0.25, 0.3) is 11.8 Å². The summed E-state index contributed by atoms with van der Waals surface area (Å²) in [6.45, 7) is 2.81. The Bertz CT molecular complexity index is 1420. The fourth-order valence-electron chi connectivity index (χ4n) is 5.00. The lowest BCUT2D eigenvalue weighted by molar-refractivity contribution is 0.0841. The number of carbonyl (C=O) groups excluding carboxylic acids is 3. The minimum atomic E-state index is -0.203. The number of hydrogen-bond acceptors (Lipinski definition) is 5. The van der Waals surface area contributed by atoms with Gasteiger partial charge in [0.05, 0.1) is 11.9 Å². The third-order valence-corrected chi connectivity index (χ3v) is 7.28. The molecule has 40 heavy (non-hydrogen) atoms. The molecule has 1 aromatic heterocycles. The molecule has 1 N–H and O–H groups in total. The summed E-state index contributed by atoms with van der Waals surface area (Å²) in [4.78, 5) is 47.2. The highest BCUT2D eigenvalue weighted by Gasteiger charge is 2.27. The van der Waals surface area contributed by atoms with Crippen LogP contribution >= 0.6 is 0 Å². The first-order chi connectivity index (χ1) is 19.6. The maximum atomic E-state index is 13.6. The average Bonchev–Trinajstić information content (AvgIpc) is 3.03. The highest BCUT2D eigenvalue weighted by molar-refractivity contribution is 6.07. The van der Waals surface area contributed by atoms with Crippen LogP contribution in [0.15, 0.2) is 109 Å². The fourth-order valence-corrected chi connectivity index (χ4v) is 5.00. The van der Waals surface area contributed by atoms with Gasteiger partial charge in [-0.3, -0.25) is 19.4 Å². The molecule has 0 radical (unpaired) electrons. The van der Waals surface area contributed by atoms with Crippen molar-refractivity contribution in [3.63, 3.8) is 0 Å². The van der Waals surface area contributed by atoms with Gasteiger partial charge in [0.15, 0.2) is 5.78 Å². The number of nitrogens with one attached hydrogen (secondary N) is 1. The van der Waals surface area contributed by atoms with Crippen LogP contribution < -0.4 is 10.2 Å². The number of likely N-dealkylation sites (tertiary alicyclic amines) is 1. The number of carbonyl (C=O) groups is 3. The van der Waals surface area contributed by atoms with Crippen molar-refractivity contribution in [1.82, 2.24) is 9.88 Å². The lowest BCUT2D eigenvalue weighted by Gasteiger charge is -2.33. The molecule has 7 nitrogen and oxygen atoms in total. The predicted molar refractivity (Wildman–Crippen MR) is 157 cm³/mol. The Hall–Kier alpha value is -4.62. The van der Waals surface area contributed by atoms with E-state index in [0.29, 0.717) is 29.9 Å². The molecule has 3 aromatic carbocycles. The van der Waals surface area contributed by atoms with E-state index in [-0.39, 0.29) is 23.5 Å². The summed E-state index contributed by atoms with van der Waals surface area (Å²) in [5.74, 6) is -0.0830. The van der Waals surface area contributed by atoms with Gasteiger partial charge in [-0.1, -0.05) is 48.5 Å². The summed E-state index contributed by atoms with van der Waals surface area (Å²) in [6, 6.07) is 29.1. The van der Waals surface area contributed by atoms with Crippen LogP contribution in [0.25, 0.3) is 0 Å². The van der Waals surface area contributed by atoms with Gasteiger partial charge in [0, 0.05) is 47.6 Å². The third kappa shape index (κ3) is 6.68. The largest absolute Gasteiger partial charge is 0.322 e. The van der Waals surface area contributed by atoms with E-state index in [2.05, 4.69) is 15.2 Å². The van der Waals surface area contributed by atoms with Crippen molar-refractivity contribution in [3.05, 3.63) is 126 Å². The smallest absolute Gasteiger partial charge is 0.258 e. The molecule has 1 fully saturated rings. The first-order valence-corrected chi connectivity index (χ1v) is 13.6. The van der Waals surface area contributed by atoms with Gasteiger partial charge in [-0.15, -0.1) is 0 Å². The van der Waals surface area contributed by atoms with Crippen molar-refractivity contribution < 1.29 is 14.4 Å². The SMILES string of the molecule is O=C(Nc1ccc(C(=O)N(CCN2CCC(C(=O)c3ccccc3)CC2)c2cccnc2)cc1)c1ccccc1. The van der Waals surface area contributed by atoms with Crippen LogP contribution in [-0.2, 0) is 0 Å². The van der Waals surface area contributed by atoms with Crippen LogP contribution in [0.2, 0.25) is 0 Å². The van der Waals surface area contributed by atoms with E-state index in [1.165, 1.54) is 0 Å². The molecular formula is C33H32N4O3. The van der Waals surface area contributed by atoms with E-state index >= 15 is 0 Å². The van der Waals surface area contributed by atoms with Crippen molar-refractivity contribution in [3.8, 4) is 0 Å². The molecule has 0 atom stereocenters. The lowest BCUT2D eigenvalue weighted by atomic mass is 9.89. The highest BCUT2D eigenvalue weighted by Crippen LogP contribution is 2.23. The van der Waals surface area contributed by atoms with Crippen LogP contribution in [0.5, 0.6) is 0 Å². The molecule has 1 saturated heterocycles. The molecule has 2 amide bonds. The number of ketones is 1. The molecular weight excluding hydrogens is 500 g/mol. The standard InChI is InChI=1S/C33H32N4O3/c38-31(25-8-3-1-4-9-25)26-17-20-36(21-18-26)22-23-37(30-12-7-19-34-24-30)33(40)28-13-15-29(16-14-28)35-32(39)27-10-5-2-6-11-27/h1-16,19,24,26H,17-18,20-23H2,(H,35,39). The van der Waals surface area contributed by atoms with Gasteiger partial charge in [-0.2, -0.15) is 0 Å². The van der Waals surface area contributed by atoms with Crippen molar-refractivity contribution in [1.29, 1.82) is 0 Å². The van der Waals surface area contributed by atoms with E-state index < -0.39 is 0 Å². The van der Waals surface area contributed by atoms with Crippen LogP contribution in [0.3, 0.4) is 0 Å². The Morgan fingerprint density at radius 2 is 1.43 bits per heavy atom. The van der Waals surface area contributed by atoms with Crippen molar-refractivity contribution in [2.24, 2.45) is 5.92 Å². The minimum Gasteiger partial charge on any atom is -0.322 e. The number of aromatic nitrogens is 1. The van der Waals surface area contributed by atoms with Gasteiger partial charge >= 0.3 is 0 Å². The van der Waals surface area contributed by atoms with E-state index in [9.17, 15) is 14.4 Å². The van der Waals surface area contributed by atoms with Crippen molar-refractivity contribution >= 4 is 29.0 Å². The number of hydrogen-bond donors (Lipinski definition) is 1. The zero-order valence-electron chi connectivity index (χ0n) is 22.3. The van der Waals surface area contributed by atoms with Crippen LogP contribution in [-0.4, -0.2) is 53.7 Å². The minimum absolute atomic E-state index is 0.0376. The van der Waals surface area contributed by atoms with Crippen molar-refractivity contribution in [2.75, 3.05) is 36.4 Å². The Morgan fingerprint density at radius 3 is 2.05 bits per heavy atom. The number of pyridine rings is 1. The number of nitrogens with zero attached hydrogens (tertiary/aromatic N) is 3.